The molecule has 3 N–H and O–H groups in total. The summed E-state index contributed by atoms with van der Waals surface area (Å²) < 4.78 is 0. The first-order valence-electron chi connectivity index (χ1n) is 6.11. The molecule has 0 aromatic carbocycles. The van der Waals surface area contributed by atoms with Crippen molar-refractivity contribution in [3.8, 4) is 0 Å². The van der Waals surface area contributed by atoms with E-state index in [2.05, 4.69) is 37.7 Å². The fourth-order valence-corrected chi connectivity index (χ4v) is 1.56. The molecule has 100 valence electrons. The highest BCUT2D eigenvalue weighted by atomic mass is 16.1. The molecule has 1 amide bonds. The summed E-state index contributed by atoms with van der Waals surface area (Å²) in [5, 5.41) is 12.4. The third-order valence-corrected chi connectivity index (χ3v) is 2.51. The zero-order chi connectivity index (χ0) is 13.5. The Morgan fingerprint density at radius 3 is 3.11 bits per heavy atom. The molecule has 2 rings (SSSR count). The zero-order valence-corrected chi connectivity index (χ0v) is 10.7. The standard InChI is InChI=1S/C12H16N6O/c1-2-4-14-10-3-5-13-6-9(10)12(19)15-7-11-16-8-17-18-11/h3,5-6,8H,2,4,7H2,1H3,(H,13,14)(H,15,19)(H,16,17,18). The number of aromatic amines is 1. The largest absolute Gasteiger partial charge is 0.384 e. The van der Waals surface area contributed by atoms with Gasteiger partial charge in [0, 0.05) is 18.9 Å². The van der Waals surface area contributed by atoms with Gasteiger partial charge in [0.05, 0.1) is 17.8 Å². The van der Waals surface area contributed by atoms with Crippen molar-refractivity contribution in [3.63, 3.8) is 0 Å². The minimum Gasteiger partial charge on any atom is -0.384 e. The minimum absolute atomic E-state index is 0.192. The Kier molecular flexibility index (Phi) is 4.44. The summed E-state index contributed by atoms with van der Waals surface area (Å²) in [6.07, 6.45) is 5.60. The monoisotopic (exact) mass is 260 g/mol. The minimum atomic E-state index is -0.192. The summed E-state index contributed by atoms with van der Waals surface area (Å²) >= 11 is 0. The summed E-state index contributed by atoms with van der Waals surface area (Å²) in [7, 11) is 0. The molecule has 2 aromatic rings. The molecule has 0 bridgehead atoms. The van der Waals surface area contributed by atoms with Gasteiger partial charge in [0.25, 0.3) is 5.91 Å². The van der Waals surface area contributed by atoms with E-state index in [9.17, 15) is 4.79 Å². The quantitative estimate of drug-likeness (QED) is 0.718. The Balaban J connectivity index is 2.01. The number of pyridine rings is 1. The number of nitrogens with one attached hydrogen (secondary N) is 3. The number of anilines is 1. The van der Waals surface area contributed by atoms with Crippen molar-refractivity contribution in [2.75, 3.05) is 11.9 Å². The summed E-state index contributed by atoms with van der Waals surface area (Å²) in [5.41, 5.74) is 1.31. The lowest BCUT2D eigenvalue weighted by Crippen LogP contribution is -2.24. The number of carbonyl (C=O) groups is 1. The van der Waals surface area contributed by atoms with Crippen LogP contribution in [0.5, 0.6) is 0 Å². The maximum atomic E-state index is 12.1. The van der Waals surface area contributed by atoms with Crippen LogP contribution < -0.4 is 10.6 Å². The van der Waals surface area contributed by atoms with Crippen molar-refractivity contribution in [1.29, 1.82) is 0 Å². The van der Waals surface area contributed by atoms with E-state index in [1.54, 1.807) is 18.5 Å². The molecule has 19 heavy (non-hydrogen) atoms. The highest BCUT2D eigenvalue weighted by Gasteiger charge is 2.11. The number of amides is 1. The van der Waals surface area contributed by atoms with Crippen LogP contribution in [0.2, 0.25) is 0 Å². The van der Waals surface area contributed by atoms with E-state index in [-0.39, 0.29) is 5.91 Å². The third kappa shape index (κ3) is 3.51. The van der Waals surface area contributed by atoms with Crippen LogP contribution in [0.25, 0.3) is 0 Å². The van der Waals surface area contributed by atoms with Crippen LogP contribution in [0.3, 0.4) is 0 Å². The highest BCUT2D eigenvalue weighted by molar-refractivity contribution is 5.99. The van der Waals surface area contributed by atoms with Crippen LogP contribution in [-0.4, -0.2) is 32.6 Å². The first-order valence-corrected chi connectivity index (χ1v) is 6.11. The van der Waals surface area contributed by atoms with E-state index < -0.39 is 0 Å². The van der Waals surface area contributed by atoms with Gasteiger partial charge in [0.2, 0.25) is 0 Å². The molecule has 0 saturated heterocycles. The van der Waals surface area contributed by atoms with Gasteiger partial charge in [-0.3, -0.25) is 14.9 Å². The highest BCUT2D eigenvalue weighted by Crippen LogP contribution is 2.13. The van der Waals surface area contributed by atoms with Crippen molar-refractivity contribution >= 4 is 11.6 Å². The molecule has 0 aliphatic carbocycles. The van der Waals surface area contributed by atoms with Gasteiger partial charge in [-0.05, 0) is 12.5 Å². The maximum Gasteiger partial charge on any atom is 0.255 e. The second-order valence-electron chi connectivity index (χ2n) is 3.96. The molecule has 0 spiro atoms. The number of hydrogen-bond donors (Lipinski definition) is 3. The first kappa shape index (κ1) is 13.0. The van der Waals surface area contributed by atoms with Crippen LogP contribution in [0, 0.1) is 0 Å². The van der Waals surface area contributed by atoms with Crippen molar-refractivity contribution in [2.45, 2.75) is 19.9 Å². The lowest BCUT2D eigenvalue weighted by molar-refractivity contribution is 0.0950. The molecule has 0 unspecified atom stereocenters. The van der Waals surface area contributed by atoms with Crippen molar-refractivity contribution in [2.24, 2.45) is 0 Å². The molecule has 0 saturated carbocycles. The van der Waals surface area contributed by atoms with Crippen LogP contribution in [0.15, 0.2) is 24.8 Å². The molecule has 2 aromatic heterocycles. The second kappa shape index (κ2) is 6.48. The van der Waals surface area contributed by atoms with Gasteiger partial charge in [0.1, 0.15) is 12.2 Å². The topological polar surface area (TPSA) is 95.6 Å². The predicted molar refractivity (Wildman–Crippen MR) is 70.6 cm³/mol. The summed E-state index contributed by atoms with van der Waals surface area (Å²) in [6, 6.07) is 1.79. The smallest absolute Gasteiger partial charge is 0.255 e. The van der Waals surface area contributed by atoms with E-state index in [1.807, 2.05) is 0 Å². The van der Waals surface area contributed by atoms with E-state index >= 15 is 0 Å². The molecule has 0 atom stereocenters. The molecular weight excluding hydrogens is 244 g/mol. The Morgan fingerprint density at radius 1 is 1.47 bits per heavy atom. The summed E-state index contributed by atoms with van der Waals surface area (Å²) in [5.74, 6) is 0.420. The molecule has 0 radical (unpaired) electrons. The third-order valence-electron chi connectivity index (χ3n) is 2.51. The zero-order valence-electron chi connectivity index (χ0n) is 10.7. The maximum absolute atomic E-state index is 12.1. The van der Waals surface area contributed by atoms with Gasteiger partial charge in [-0.2, -0.15) is 5.10 Å². The van der Waals surface area contributed by atoms with Crippen LogP contribution in [0.4, 0.5) is 5.69 Å². The average Bonchev–Trinajstić information content (AvgIpc) is 2.96. The van der Waals surface area contributed by atoms with Crippen molar-refractivity contribution in [1.82, 2.24) is 25.5 Å². The molecule has 7 heteroatoms. The summed E-state index contributed by atoms with van der Waals surface area (Å²) in [4.78, 5) is 20.0. The van der Waals surface area contributed by atoms with Gasteiger partial charge in [0.15, 0.2) is 0 Å². The van der Waals surface area contributed by atoms with E-state index in [0.717, 1.165) is 18.7 Å². The van der Waals surface area contributed by atoms with Crippen molar-refractivity contribution in [3.05, 3.63) is 36.2 Å². The number of aromatic nitrogens is 4. The SMILES string of the molecule is CCCNc1ccncc1C(=O)NCc1ncn[nH]1. The second-order valence-corrected chi connectivity index (χ2v) is 3.96. The summed E-state index contributed by atoms with van der Waals surface area (Å²) in [6.45, 7) is 3.19. The lowest BCUT2D eigenvalue weighted by atomic mass is 10.2. The Labute approximate surface area is 110 Å². The molecule has 7 nitrogen and oxygen atoms in total. The number of H-pyrrole nitrogens is 1. The van der Waals surface area contributed by atoms with E-state index in [4.69, 9.17) is 0 Å². The van der Waals surface area contributed by atoms with Crippen LogP contribution >= 0.6 is 0 Å². The van der Waals surface area contributed by atoms with Crippen LogP contribution in [0.1, 0.15) is 29.5 Å². The predicted octanol–water partition coefficient (Wildman–Crippen LogP) is 0.952. The normalized spacial score (nSPS) is 10.2. The molecule has 0 fully saturated rings. The van der Waals surface area contributed by atoms with Gasteiger partial charge in [-0.25, -0.2) is 4.98 Å². The Hall–Kier alpha value is -2.44. The Morgan fingerprint density at radius 2 is 2.37 bits per heavy atom. The van der Waals surface area contributed by atoms with Crippen molar-refractivity contribution < 1.29 is 4.79 Å². The fraction of sp³-hybridized carbons (Fsp3) is 0.333. The van der Waals surface area contributed by atoms with Crippen LogP contribution in [-0.2, 0) is 6.54 Å². The van der Waals surface area contributed by atoms with Gasteiger partial charge in [-0.1, -0.05) is 6.92 Å². The average molecular weight is 260 g/mol. The molecule has 0 aliphatic rings. The molecule has 0 aliphatic heterocycles. The molecular formula is C12H16N6O. The number of rotatable bonds is 6. The van der Waals surface area contributed by atoms with Gasteiger partial charge < -0.3 is 10.6 Å². The van der Waals surface area contributed by atoms with E-state index in [0.29, 0.717) is 17.9 Å². The van der Waals surface area contributed by atoms with Gasteiger partial charge in [-0.15, -0.1) is 0 Å². The van der Waals surface area contributed by atoms with E-state index in [1.165, 1.54) is 6.33 Å². The number of carbonyl (C=O) groups excluding carboxylic acids is 1. The lowest BCUT2D eigenvalue weighted by Gasteiger charge is -2.10. The molecule has 2 heterocycles. The first-order chi connectivity index (χ1) is 9.31. The Bertz CT molecular complexity index is 525. The number of hydrogen-bond acceptors (Lipinski definition) is 5. The van der Waals surface area contributed by atoms with Gasteiger partial charge >= 0.3 is 0 Å². The number of nitrogens with zero attached hydrogens (tertiary/aromatic N) is 3. The fourth-order valence-electron chi connectivity index (χ4n) is 1.56.